The summed E-state index contributed by atoms with van der Waals surface area (Å²) in [4.78, 5) is 13.3. The Morgan fingerprint density at radius 1 is 1.31 bits per heavy atom. The predicted octanol–water partition coefficient (Wildman–Crippen LogP) is 2.25. The number of anilines is 1. The van der Waals surface area contributed by atoms with Crippen molar-refractivity contribution < 1.29 is 9.53 Å². The predicted molar refractivity (Wildman–Crippen MR) is 65.7 cm³/mol. The van der Waals surface area contributed by atoms with Crippen LogP contribution in [0.2, 0.25) is 0 Å². The van der Waals surface area contributed by atoms with Crippen LogP contribution in [0.15, 0.2) is 24.3 Å². The van der Waals surface area contributed by atoms with Gasteiger partial charge >= 0.3 is 5.97 Å². The van der Waals surface area contributed by atoms with Gasteiger partial charge in [0.25, 0.3) is 0 Å². The number of benzene rings is 1. The molecule has 0 atom stereocenters. The number of esters is 1. The van der Waals surface area contributed by atoms with E-state index in [1.54, 1.807) is 0 Å². The number of carbonyl (C=O) groups is 1. The van der Waals surface area contributed by atoms with E-state index in [-0.39, 0.29) is 5.97 Å². The van der Waals surface area contributed by atoms with Crippen LogP contribution in [0.3, 0.4) is 0 Å². The second-order valence-corrected chi connectivity index (χ2v) is 3.83. The molecule has 0 amide bonds. The number of hydrogen-bond acceptors (Lipinski definition) is 3. The van der Waals surface area contributed by atoms with Crippen LogP contribution in [0.1, 0.15) is 18.9 Å². The van der Waals surface area contributed by atoms with Gasteiger partial charge in [0.2, 0.25) is 0 Å². The molecule has 3 nitrogen and oxygen atoms in total. The van der Waals surface area contributed by atoms with Gasteiger partial charge in [-0.3, -0.25) is 4.79 Å². The molecule has 1 rings (SSSR count). The Balaban J connectivity index is 2.63. The summed E-state index contributed by atoms with van der Waals surface area (Å²) in [5.41, 5.74) is 2.34. The highest BCUT2D eigenvalue weighted by molar-refractivity contribution is 5.70. The number of ether oxygens (including phenoxy) is 1. The van der Waals surface area contributed by atoms with Crippen LogP contribution in [0.4, 0.5) is 5.69 Å². The van der Waals surface area contributed by atoms with Crippen molar-refractivity contribution in [1.29, 1.82) is 0 Å². The van der Waals surface area contributed by atoms with Gasteiger partial charge < -0.3 is 9.64 Å². The lowest BCUT2D eigenvalue weighted by atomic mass is 10.1. The third kappa shape index (κ3) is 3.57. The summed E-state index contributed by atoms with van der Waals surface area (Å²) in [7, 11) is 4.01. The molecular formula is C13H19NO2. The smallest absolute Gasteiger partial charge is 0.306 e. The quantitative estimate of drug-likeness (QED) is 0.714. The second-order valence-electron chi connectivity index (χ2n) is 3.83. The first kappa shape index (κ1) is 12.6. The van der Waals surface area contributed by atoms with E-state index in [0.29, 0.717) is 13.0 Å². The Morgan fingerprint density at radius 3 is 2.62 bits per heavy atom. The van der Waals surface area contributed by atoms with E-state index in [4.69, 9.17) is 4.74 Å². The Bertz CT molecular complexity index is 348. The van der Waals surface area contributed by atoms with Crippen molar-refractivity contribution in [2.24, 2.45) is 0 Å². The summed E-state index contributed by atoms with van der Waals surface area (Å²) >= 11 is 0. The monoisotopic (exact) mass is 221 g/mol. The number of nitrogens with zero attached hydrogens (tertiary/aromatic N) is 1. The van der Waals surface area contributed by atoms with Gasteiger partial charge in [-0.25, -0.2) is 0 Å². The van der Waals surface area contributed by atoms with Crippen LogP contribution in [-0.4, -0.2) is 26.7 Å². The van der Waals surface area contributed by atoms with Gasteiger partial charge in [0.05, 0.1) is 6.61 Å². The summed E-state index contributed by atoms with van der Waals surface area (Å²) in [5.74, 6) is -0.129. The summed E-state index contributed by atoms with van der Waals surface area (Å²) < 4.78 is 4.91. The molecule has 0 saturated heterocycles. The molecule has 0 N–H and O–H groups in total. The fourth-order valence-corrected chi connectivity index (χ4v) is 1.63. The number of aryl methyl sites for hydroxylation is 1. The van der Waals surface area contributed by atoms with Crippen molar-refractivity contribution in [2.75, 3.05) is 25.6 Å². The topological polar surface area (TPSA) is 29.5 Å². The molecule has 0 saturated carbocycles. The molecule has 0 radical (unpaired) electrons. The maximum absolute atomic E-state index is 11.3. The largest absolute Gasteiger partial charge is 0.466 e. The SMILES string of the molecule is CCOC(=O)CCc1ccccc1N(C)C. The molecule has 0 unspecified atom stereocenters. The highest BCUT2D eigenvalue weighted by Crippen LogP contribution is 2.19. The van der Waals surface area contributed by atoms with Crippen LogP contribution < -0.4 is 4.90 Å². The van der Waals surface area contributed by atoms with Gasteiger partial charge in [0, 0.05) is 26.2 Å². The van der Waals surface area contributed by atoms with Crippen molar-refractivity contribution in [2.45, 2.75) is 19.8 Å². The van der Waals surface area contributed by atoms with E-state index in [0.717, 1.165) is 12.1 Å². The Morgan fingerprint density at radius 2 is 2.00 bits per heavy atom. The highest BCUT2D eigenvalue weighted by Gasteiger charge is 2.07. The van der Waals surface area contributed by atoms with Crippen molar-refractivity contribution >= 4 is 11.7 Å². The summed E-state index contributed by atoms with van der Waals surface area (Å²) in [6.07, 6.45) is 1.17. The molecular weight excluding hydrogens is 202 g/mol. The molecule has 16 heavy (non-hydrogen) atoms. The zero-order chi connectivity index (χ0) is 12.0. The molecule has 0 aromatic heterocycles. The molecule has 3 heteroatoms. The van der Waals surface area contributed by atoms with Gasteiger partial charge in [-0.1, -0.05) is 18.2 Å². The molecule has 0 bridgehead atoms. The Kier molecular flexibility index (Phi) is 4.83. The number of rotatable bonds is 5. The van der Waals surface area contributed by atoms with Crippen LogP contribution in [0, 0.1) is 0 Å². The van der Waals surface area contributed by atoms with Crippen molar-refractivity contribution in [3.63, 3.8) is 0 Å². The summed E-state index contributed by atoms with van der Waals surface area (Å²) in [6, 6.07) is 8.10. The molecule has 0 aliphatic carbocycles. The maximum Gasteiger partial charge on any atom is 0.306 e. The third-order valence-electron chi connectivity index (χ3n) is 2.38. The maximum atomic E-state index is 11.3. The minimum absolute atomic E-state index is 0.129. The number of para-hydroxylation sites is 1. The van der Waals surface area contributed by atoms with Crippen LogP contribution in [0.5, 0.6) is 0 Å². The van der Waals surface area contributed by atoms with E-state index in [1.165, 1.54) is 5.56 Å². The molecule has 0 fully saturated rings. The normalized spacial score (nSPS) is 9.94. The van der Waals surface area contributed by atoms with Crippen molar-refractivity contribution in [3.05, 3.63) is 29.8 Å². The van der Waals surface area contributed by atoms with Gasteiger partial charge in [-0.05, 0) is 25.0 Å². The standard InChI is InChI=1S/C13H19NO2/c1-4-16-13(15)10-9-11-7-5-6-8-12(11)14(2)3/h5-8H,4,9-10H2,1-3H3. The first-order chi connectivity index (χ1) is 7.65. The zero-order valence-corrected chi connectivity index (χ0v) is 10.2. The lowest BCUT2D eigenvalue weighted by Gasteiger charge is -2.16. The fourth-order valence-electron chi connectivity index (χ4n) is 1.63. The highest BCUT2D eigenvalue weighted by atomic mass is 16.5. The van der Waals surface area contributed by atoms with Gasteiger partial charge in [-0.15, -0.1) is 0 Å². The Hall–Kier alpha value is -1.51. The van der Waals surface area contributed by atoms with Crippen molar-refractivity contribution in [3.8, 4) is 0 Å². The molecule has 0 aliphatic heterocycles. The van der Waals surface area contributed by atoms with E-state index >= 15 is 0 Å². The summed E-state index contributed by atoms with van der Waals surface area (Å²) in [6.45, 7) is 2.28. The molecule has 0 aliphatic rings. The second kappa shape index (κ2) is 6.16. The first-order valence-electron chi connectivity index (χ1n) is 5.56. The van der Waals surface area contributed by atoms with Crippen LogP contribution >= 0.6 is 0 Å². The number of hydrogen-bond donors (Lipinski definition) is 0. The minimum Gasteiger partial charge on any atom is -0.466 e. The van der Waals surface area contributed by atoms with Crippen LogP contribution in [-0.2, 0) is 16.0 Å². The van der Waals surface area contributed by atoms with E-state index in [1.807, 2.05) is 33.2 Å². The molecule has 88 valence electrons. The lowest BCUT2D eigenvalue weighted by molar-refractivity contribution is -0.143. The lowest BCUT2D eigenvalue weighted by Crippen LogP contribution is -2.12. The minimum atomic E-state index is -0.129. The first-order valence-corrected chi connectivity index (χ1v) is 5.56. The Labute approximate surface area is 97.0 Å². The average Bonchev–Trinajstić information content (AvgIpc) is 2.27. The molecule has 0 heterocycles. The average molecular weight is 221 g/mol. The van der Waals surface area contributed by atoms with Gasteiger partial charge in [0.1, 0.15) is 0 Å². The van der Waals surface area contributed by atoms with Crippen LogP contribution in [0.25, 0.3) is 0 Å². The molecule has 1 aromatic rings. The van der Waals surface area contributed by atoms with Gasteiger partial charge in [-0.2, -0.15) is 0 Å². The summed E-state index contributed by atoms with van der Waals surface area (Å²) in [5, 5.41) is 0. The van der Waals surface area contributed by atoms with E-state index < -0.39 is 0 Å². The molecule has 1 aromatic carbocycles. The zero-order valence-electron chi connectivity index (χ0n) is 10.2. The fraction of sp³-hybridized carbons (Fsp3) is 0.462. The van der Waals surface area contributed by atoms with E-state index in [2.05, 4.69) is 17.0 Å². The number of carbonyl (C=O) groups excluding carboxylic acids is 1. The van der Waals surface area contributed by atoms with Crippen molar-refractivity contribution in [1.82, 2.24) is 0 Å². The van der Waals surface area contributed by atoms with Gasteiger partial charge in [0.15, 0.2) is 0 Å². The molecule has 0 spiro atoms. The van der Waals surface area contributed by atoms with E-state index in [9.17, 15) is 4.79 Å². The third-order valence-corrected chi connectivity index (χ3v) is 2.38.